The highest BCUT2D eigenvalue weighted by atomic mass is 16.3. The molecule has 21 heavy (non-hydrogen) atoms. The van der Waals surface area contributed by atoms with Gasteiger partial charge in [0, 0.05) is 18.8 Å². The van der Waals surface area contributed by atoms with Gasteiger partial charge in [-0.1, -0.05) is 56.3 Å². The zero-order valence-electron chi connectivity index (χ0n) is 12.8. The van der Waals surface area contributed by atoms with Crippen LogP contribution in [0.2, 0.25) is 0 Å². The first kappa shape index (κ1) is 14.2. The van der Waals surface area contributed by atoms with E-state index < -0.39 is 0 Å². The Hall–Kier alpha value is -1.80. The fourth-order valence-corrected chi connectivity index (χ4v) is 3.03. The summed E-state index contributed by atoms with van der Waals surface area (Å²) >= 11 is 0. The van der Waals surface area contributed by atoms with Crippen LogP contribution in [0.4, 0.5) is 5.69 Å². The number of aliphatic hydroxyl groups excluding tert-OH is 1. The van der Waals surface area contributed by atoms with Crippen LogP contribution in [0.15, 0.2) is 48.5 Å². The van der Waals surface area contributed by atoms with Crippen molar-refractivity contribution < 1.29 is 5.11 Å². The first-order valence-electron chi connectivity index (χ1n) is 7.75. The summed E-state index contributed by atoms with van der Waals surface area (Å²) < 4.78 is 0. The van der Waals surface area contributed by atoms with Crippen molar-refractivity contribution in [3.05, 3.63) is 65.2 Å². The lowest BCUT2D eigenvalue weighted by Gasteiger charge is -2.21. The molecular weight excluding hydrogens is 258 g/mol. The Kier molecular flexibility index (Phi) is 3.98. The molecule has 110 valence electrons. The molecule has 0 saturated heterocycles. The fourth-order valence-electron chi connectivity index (χ4n) is 3.03. The lowest BCUT2D eigenvalue weighted by atomic mass is 9.97. The minimum Gasteiger partial charge on any atom is -0.388 e. The van der Waals surface area contributed by atoms with Gasteiger partial charge in [0.2, 0.25) is 0 Å². The first-order valence-corrected chi connectivity index (χ1v) is 7.75. The van der Waals surface area contributed by atoms with Gasteiger partial charge in [0.1, 0.15) is 0 Å². The van der Waals surface area contributed by atoms with E-state index in [0.29, 0.717) is 0 Å². The molecule has 0 bridgehead atoms. The van der Waals surface area contributed by atoms with Gasteiger partial charge >= 0.3 is 0 Å². The molecule has 2 heteroatoms. The second-order valence-electron chi connectivity index (χ2n) is 6.23. The Balaban J connectivity index is 1.80. The van der Waals surface area contributed by atoms with Gasteiger partial charge in [-0.3, -0.25) is 0 Å². The molecule has 2 nitrogen and oxygen atoms in total. The van der Waals surface area contributed by atoms with Crippen LogP contribution in [0.1, 0.15) is 36.6 Å². The maximum absolute atomic E-state index is 10.2. The summed E-state index contributed by atoms with van der Waals surface area (Å²) in [5.74, 6) is 0.255. The molecule has 1 aliphatic heterocycles. The summed E-state index contributed by atoms with van der Waals surface area (Å²) in [5, 5.41) is 10.2. The zero-order chi connectivity index (χ0) is 14.8. The molecule has 0 radical (unpaired) electrons. The average molecular weight is 281 g/mol. The van der Waals surface area contributed by atoms with Crippen molar-refractivity contribution in [3.8, 4) is 0 Å². The molecule has 0 amide bonds. The largest absolute Gasteiger partial charge is 0.388 e. The Morgan fingerprint density at radius 2 is 1.86 bits per heavy atom. The second-order valence-corrected chi connectivity index (χ2v) is 6.23. The van der Waals surface area contributed by atoms with Crippen LogP contribution in [-0.2, 0) is 13.0 Å². The molecule has 0 aliphatic carbocycles. The van der Waals surface area contributed by atoms with Gasteiger partial charge in [-0.2, -0.15) is 0 Å². The van der Waals surface area contributed by atoms with Gasteiger partial charge in [-0.15, -0.1) is 0 Å². The molecule has 0 spiro atoms. The third kappa shape index (κ3) is 2.96. The number of nitrogens with zero attached hydrogens (tertiary/aromatic N) is 1. The van der Waals surface area contributed by atoms with Crippen LogP contribution in [0, 0.1) is 5.92 Å². The van der Waals surface area contributed by atoms with Gasteiger partial charge in [0.25, 0.3) is 0 Å². The topological polar surface area (TPSA) is 23.5 Å². The molecule has 0 fully saturated rings. The predicted octanol–water partition coefficient (Wildman–Crippen LogP) is 3.94. The lowest BCUT2D eigenvalue weighted by molar-refractivity contribution is 0.127. The Morgan fingerprint density at radius 1 is 1.10 bits per heavy atom. The Labute approximate surface area is 127 Å². The third-order valence-electron chi connectivity index (χ3n) is 4.28. The molecule has 1 atom stereocenters. The lowest BCUT2D eigenvalue weighted by Crippen LogP contribution is -2.19. The van der Waals surface area contributed by atoms with E-state index in [1.165, 1.54) is 16.8 Å². The fraction of sp³-hybridized carbons (Fsp3) is 0.368. The summed E-state index contributed by atoms with van der Waals surface area (Å²) in [7, 11) is 0. The molecular formula is C19H23NO. The summed E-state index contributed by atoms with van der Waals surface area (Å²) in [6.45, 7) is 6.13. The molecule has 0 unspecified atom stereocenters. The highest BCUT2D eigenvalue weighted by Crippen LogP contribution is 2.33. The van der Waals surface area contributed by atoms with Crippen molar-refractivity contribution in [3.63, 3.8) is 0 Å². The van der Waals surface area contributed by atoms with Crippen LogP contribution in [0.3, 0.4) is 0 Å². The number of rotatable bonds is 4. The van der Waals surface area contributed by atoms with Crippen LogP contribution < -0.4 is 4.90 Å². The van der Waals surface area contributed by atoms with E-state index in [1.807, 2.05) is 0 Å². The number of fused-ring (bicyclic) bond motifs is 1. The van der Waals surface area contributed by atoms with Crippen LogP contribution in [0.5, 0.6) is 0 Å². The monoisotopic (exact) mass is 281 g/mol. The van der Waals surface area contributed by atoms with E-state index >= 15 is 0 Å². The first-order chi connectivity index (χ1) is 10.1. The zero-order valence-corrected chi connectivity index (χ0v) is 12.8. The Bertz CT molecular complexity index is 606. The maximum Gasteiger partial charge on any atom is 0.0813 e. The van der Waals surface area contributed by atoms with E-state index in [2.05, 4.69) is 67.3 Å². The van der Waals surface area contributed by atoms with E-state index in [0.717, 1.165) is 25.1 Å². The highest BCUT2D eigenvalue weighted by Gasteiger charge is 2.21. The normalized spacial score (nSPS) is 15.3. The molecule has 1 heterocycles. The van der Waals surface area contributed by atoms with Crippen molar-refractivity contribution in [2.45, 2.75) is 32.9 Å². The molecule has 0 saturated carbocycles. The molecule has 3 rings (SSSR count). The van der Waals surface area contributed by atoms with E-state index in [9.17, 15) is 5.11 Å². The molecule has 2 aromatic rings. The summed E-state index contributed by atoms with van der Waals surface area (Å²) in [6, 6.07) is 17.0. The van der Waals surface area contributed by atoms with Crippen molar-refractivity contribution in [2.75, 3.05) is 11.4 Å². The van der Waals surface area contributed by atoms with Crippen LogP contribution in [-0.4, -0.2) is 11.7 Å². The number of anilines is 1. The van der Waals surface area contributed by atoms with Crippen molar-refractivity contribution in [2.24, 2.45) is 5.92 Å². The number of hydrogen-bond acceptors (Lipinski definition) is 2. The van der Waals surface area contributed by atoms with Crippen molar-refractivity contribution in [1.29, 1.82) is 0 Å². The number of benzene rings is 2. The van der Waals surface area contributed by atoms with Crippen LogP contribution >= 0.6 is 0 Å². The minimum atomic E-state index is -0.363. The van der Waals surface area contributed by atoms with Gasteiger partial charge in [-0.05, 0) is 35.1 Å². The standard InChI is InChI=1S/C19H23NO/c1-14(2)19(21)17-8-9-18-16(12-17)10-11-20(18)13-15-6-4-3-5-7-15/h3-9,12,14,19,21H,10-11,13H2,1-2H3/t19-/m0/s1. The second kappa shape index (κ2) is 5.90. The average Bonchev–Trinajstić information content (AvgIpc) is 2.90. The van der Waals surface area contributed by atoms with Crippen LogP contribution in [0.25, 0.3) is 0 Å². The third-order valence-corrected chi connectivity index (χ3v) is 4.28. The Morgan fingerprint density at radius 3 is 2.57 bits per heavy atom. The highest BCUT2D eigenvalue weighted by molar-refractivity contribution is 5.59. The van der Waals surface area contributed by atoms with Gasteiger partial charge in [0.05, 0.1) is 6.10 Å². The molecule has 0 aromatic heterocycles. The molecule has 2 aromatic carbocycles. The number of hydrogen-bond donors (Lipinski definition) is 1. The quantitative estimate of drug-likeness (QED) is 0.917. The van der Waals surface area contributed by atoms with Crippen molar-refractivity contribution in [1.82, 2.24) is 0 Å². The summed E-state index contributed by atoms with van der Waals surface area (Å²) in [6.07, 6.45) is 0.708. The van der Waals surface area contributed by atoms with Gasteiger partial charge in [-0.25, -0.2) is 0 Å². The van der Waals surface area contributed by atoms with Gasteiger partial charge in [0.15, 0.2) is 0 Å². The molecule has 1 aliphatic rings. The summed E-state index contributed by atoms with van der Waals surface area (Å²) in [5.41, 5.74) is 5.07. The van der Waals surface area contributed by atoms with E-state index in [4.69, 9.17) is 0 Å². The maximum atomic E-state index is 10.2. The van der Waals surface area contributed by atoms with E-state index in [1.54, 1.807) is 0 Å². The summed E-state index contributed by atoms with van der Waals surface area (Å²) in [4.78, 5) is 2.43. The van der Waals surface area contributed by atoms with Crippen molar-refractivity contribution >= 4 is 5.69 Å². The number of aliphatic hydroxyl groups is 1. The van der Waals surface area contributed by atoms with E-state index in [-0.39, 0.29) is 12.0 Å². The van der Waals surface area contributed by atoms with Gasteiger partial charge < -0.3 is 10.0 Å². The minimum absolute atomic E-state index is 0.255. The molecule has 1 N–H and O–H groups in total. The predicted molar refractivity (Wildman–Crippen MR) is 87.4 cm³/mol. The SMILES string of the molecule is CC(C)[C@H](O)c1ccc2c(c1)CCN2Cc1ccccc1. The smallest absolute Gasteiger partial charge is 0.0813 e.